The van der Waals surface area contributed by atoms with Gasteiger partial charge in [-0.1, -0.05) is 42.5 Å². The molecule has 1 aromatic heterocycles. The van der Waals surface area contributed by atoms with E-state index in [0.717, 1.165) is 11.1 Å². The lowest BCUT2D eigenvalue weighted by Gasteiger charge is -2.11. The number of carbonyl (C=O) groups is 1. The fourth-order valence-corrected chi connectivity index (χ4v) is 2.25. The van der Waals surface area contributed by atoms with E-state index in [1.165, 1.54) is 12.3 Å². The van der Waals surface area contributed by atoms with Crippen molar-refractivity contribution >= 4 is 5.97 Å². The molecule has 3 aromatic rings. The second-order valence-corrected chi connectivity index (χ2v) is 5.01. The van der Waals surface area contributed by atoms with E-state index < -0.39 is 5.97 Å². The molecule has 0 radical (unpaired) electrons. The molecule has 114 valence electrons. The summed E-state index contributed by atoms with van der Waals surface area (Å²) in [5.74, 6) is -0.303. The summed E-state index contributed by atoms with van der Waals surface area (Å²) >= 11 is 0. The molecule has 0 aliphatic rings. The van der Waals surface area contributed by atoms with E-state index in [1.807, 2.05) is 54.6 Å². The van der Waals surface area contributed by atoms with E-state index in [1.54, 1.807) is 6.07 Å². The van der Waals surface area contributed by atoms with Gasteiger partial charge in [0.1, 0.15) is 12.4 Å². The molecule has 0 unspecified atom stereocenters. The fraction of sp³-hybridized carbons (Fsp3) is 0.0526. The monoisotopic (exact) mass is 305 g/mol. The van der Waals surface area contributed by atoms with Crippen molar-refractivity contribution in [2.24, 2.45) is 0 Å². The number of benzene rings is 2. The number of hydrogen-bond acceptors (Lipinski definition) is 3. The van der Waals surface area contributed by atoms with E-state index >= 15 is 0 Å². The molecule has 1 heterocycles. The third-order valence-corrected chi connectivity index (χ3v) is 3.41. The Morgan fingerprint density at radius 1 is 1.00 bits per heavy atom. The minimum absolute atomic E-state index is 0.202. The van der Waals surface area contributed by atoms with Crippen LogP contribution in [0.4, 0.5) is 0 Å². The molecule has 0 saturated heterocycles. The Morgan fingerprint density at radius 3 is 2.52 bits per heavy atom. The quantitative estimate of drug-likeness (QED) is 0.773. The van der Waals surface area contributed by atoms with Gasteiger partial charge in [-0.05, 0) is 29.8 Å². The summed E-state index contributed by atoms with van der Waals surface area (Å²) in [6.07, 6.45) is 1.49. The normalized spacial score (nSPS) is 10.3. The molecule has 0 aliphatic carbocycles. The van der Waals surface area contributed by atoms with Crippen LogP contribution in [-0.4, -0.2) is 16.1 Å². The van der Waals surface area contributed by atoms with Crippen molar-refractivity contribution in [3.8, 4) is 17.0 Å². The van der Waals surface area contributed by atoms with Crippen LogP contribution in [0, 0.1) is 0 Å². The zero-order valence-electron chi connectivity index (χ0n) is 12.3. The first-order valence-electron chi connectivity index (χ1n) is 7.19. The number of aromatic nitrogens is 1. The van der Waals surface area contributed by atoms with Crippen LogP contribution < -0.4 is 4.74 Å². The van der Waals surface area contributed by atoms with Crippen LogP contribution in [-0.2, 0) is 6.61 Å². The van der Waals surface area contributed by atoms with Crippen molar-refractivity contribution in [1.29, 1.82) is 0 Å². The third kappa shape index (κ3) is 3.55. The first-order chi connectivity index (χ1) is 11.2. The number of rotatable bonds is 5. The molecule has 3 rings (SSSR count). The molecule has 2 aromatic carbocycles. The van der Waals surface area contributed by atoms with E-state index in [2.05, 4.69) is 4.98 Å². The van der Waals surface area contributed by atoms with E-state index in [0.29, 0.717) is 18.1 Å². The molecule has 0 saturated carbocycles. The van der Waals surface area contributed by atoms with Crippen LogP contribution in [0.1, 0.15) is 15.9 Å². The number of para-hydroxylation sites is 1. The first kappa shape index (κ1) is 14.8. The summed E-state index contributed by atoms with van der Waals surface area (Å²) in [6.45, 7) is 0.441. The Bertz CT molecular complexity index is 816. The lowest BCUT2D eigenvalue weighted by atomic mass is 10.1. The third-order valence-electron chi connectivity index (χ3n) is 3.41. The van der Waals surface area contributed by atoms with Gasteiger partial charge in [0.25, 0.3) is 0 Å². The Balaban J connectivity index is 1.89. The Labute approximate surface area is 134 Å². The van der Waals surface area contributed by atoms with Crippen LogP contribution in [0.3, 0.4) is 0 Å². The van der Waals surface area contributed by atoms with Crippen molar-refractivity contribution in [1.82, 2.24) is 4.98 Å². The molecule has 0 spiro atoms. The van der Waals surface area contributed by atoms with Crippen LogP contribution >= 0.6 is 0 Å². The maximum atomic E-state index is 11.1. The van der Waals surface area contributed by atoms with Crippen molar-refractivity contribution in [2.75, 3.05) is 0 Å². The van der Waals surface area contributed by atoms with Gasteiger partial charge in [0.15, 0.2) is 0 Å². The maximum absolute atomic E-state index is 11.1. The molecule has 23 heavy (non-hydrogen) atoms. The Morgan fingerprint density at radius 2 is 1.74 bits per heavy atom. The number of aromatic carboxylic acids is 1. The second kappa shape index (κ2) is 6.75. The van der Waals surface area contributed by atoms with Crippen LogP contribution in [0.2, 0.25) is 0 Å². The maximum Gasteiger partial charge on any atom is 0.335 e. The first-order valence-corrected chi connectivity index (χ1v) is 7.19. The summed E-state index contributed by atoms with van der Waals surface area (Å²) in [7, 11) is 0. The van der Waals surface area contributed by atoms with Crippen LogP contribution in [0.25, 0.3) is 11.3 Å². The highest BCUT2D eigenvalue weighted by atomic mass is 16.5. The predicted octanol–water partition coefficient (Wildman–Crippen LogP) is 4.03. The summed E-state index contributed by atoms with van der Waals surface area (Å²) in [6, 6.07) is 20.4. The largest absolute Gasteiger partial charge is 0.488 e. The average Bonchev–Trinajstić information content (AvgIpc) is 2.61. The average molecular weight is 305 g/mol. The number of pyridine rings is 1. The highest BCUT2D eigenvalue weighted by molar-refractivity contribution is 5.89. The number of carboxylic acids is 1. The zero-order valence-corrected chi connectivity index (χ0v) is 12.3. The second-order valence-electron chi connectivity index (χ2n) is 5.01. The standard InChI is InChI=1S/C19H15NO3/c21-19(22)15-10-11-20-17(12-15)16-8-4-5-9-18(16)23-13-14-6-2-1-3-7-14/h1-12H,13H2,(H,21,22). The smallest absolute Gasteiger partial charge is 0.335 e. The zero-order chi connectivity index (χ0) is 16.1. The molecule has 0 aliphatic heterocycles. The molecule has 4 heteroatoms. The summed E-state index contributed by atoms with van der Waals surface area (Å²) in [5, 5.41) is 9.12. The van der Waals surface area contributed by atoms with Gasteiger partial charge < -0.3 is 9.84 Å². The van der Waals surface area contributed by atoms with Crippen molar-refractivity contribution < 1.29 is 14.6 Å². The van der Waals surface area contributed by atoms with Crippen LogP contribution in [0.5, 0.6) is 5.75 Å². The molecule has 0 fully saturated rings. The SMILES string of the molecule is O=C(O)c1ccnc(-c2ccccc2OCc2ccccc2)c1. The van der Waals surface area contributed by atoms with Gasteiger partial charge in [-0.3, -0.25) is 4.98 Å². The number of carboxylic acid groups (broad SMARTS) is 1. The topological polar surface area (TPSA) is 59.4 Å². The molecule has 1 N–H and O–H groups in total. The number of ether oxygens (including phenoxy) is 1. The van der Waals surface area contributed by atoms with Crippen molar-refractivity contribution in [2.45, 2.75) is 6.61 Å². The van der Waals surface area contributed by atoms with E-state index in [4.69, 9.17) is 9.84 Å². The van der Waals surface area contributed by atoms with Gasteiger partial charge >= 0.3 is 5.97 Å². The molecule has 0 bridgehead atoms. The van der Waals surface area contributed by atoms with Gasteiger partial charge in [-0.15, -0.1) is 0 Å². The predicted molar refractivity (Wildman–Crippen MR) is 87.4 cm³/mol. The molecule has 4 nitrogen and oxygen atoms in total. The van der Waals surface area contributed by atoms with Gasteiger partial charge in [-0.25, -0.2) is 4.79 Å². The fourth-order valence-electron chi connectivity index (χ4n) is 2.25. The Hall–Kier alpha value is -3.14. The van der Waals surface area contributed by atoms with Crippen molar-refractivity contribution in [3.63, 3.8) is 0 Å². The van der Waals surface area contributed by atoms with Gasteiger partial charge in [0.05, 0.1) is 11.3 Å². The van der Waals surface area contributed by atoms with Crippen LogP contribution in [0.15, 0.2) is 72.9 Å². The van der Waals surface area contributed by atoms with E-state index in [9.17, 15) is 4.79 Å². The summed E-state index contributed by atoms with van der Waals surface area (Å²) < 4.78 is 5.89. The lowest BCUT2D eigenvalue weighted by Crippen LogP contribution is -1.99. The van der Waals surface area contributed by atoms with E-state index in [-0.39, 0.29) is 5.56 Å². The van der Waals surface area contributed by atoms with Gasteiger partial charge in [-0.2, -0.15) is 0 Å². The lowest BCUT2D eigenvalue weighted by molar-refractivity contribution is 0.0697. The minimum atomic E-state index is -0.976. The number of nitrogens with zero attached hydrogens (tertiary/aromatic N) is 1. The summed E-state index contributed by atoms with van der Waals surface area (Å²) in [5.41, 5.74) is 2.61. The molecular weight excluding hydrogens is 290 g/mol. The van der Waals surface area contributed by atoms with Crippen molar-refractivity contribution in [3.05, 3.63) is 84.1 Å². The highest BCUT2D eigenvalue weighted by Gasteiger charge is 2.10. The molecular formula is C19H15NO3. The summed E-state index contributed by atoms with van der Waals surface area (Å²) in [4.78, 5) is 15.4. The number of hydrogen-bond donors (Lipinski definition) is 1. The Kier molecular flexibility index (Phi) is 4.34. The molecule has 0 amide bonds. The highest BCUT2D eigenvalue weighted by Crippen LogP contribution is 2.29. The van der Waals surface area contributed by atoms with Gasteiger partial charge in [0, 0.05) is 11.8 Å². The minimum Gasteiger partial charge on any atom is -0.488 e. The van der Waals surface area contributed by atoms with Gasteiger partial charge in [0.2, 0.25) is 0 Å². The molecule has 0 atom stereocenters.